The van der Waals surface area contributed by atoms with Crippen molar-refractivity contribution < 1.29 is 9.18 Å². The van der Waals surface area contributed by atoms with Gasteiger partial charge in [-0.15, -0.1) is 0 Å². The standard InChI is InChI=1S/C21H20ClFN4O/c22-16-5-3-15(4-6-16)19-12-20(26-25-19)27-10-9-18(13-27)24-21(28)11-14-1-7-17(23)8-2-14/h1-8,12,18H,9-11,13H2,(H,24,28)(H,25,26)/t18-/m0/s1. The number of aromatic amines is 1. The van der Waals surface area contributed by atoms with Crippen molar-refractivity contribution in [1.82, 2.24) is 15.5 Å². The lowest BCUT2D eigenvalue weighted by Crippen LogP contribution is -2.38. The van der Waals surface area contributed by atoms with Gasteiger partial charge in [-0.2, -0.15) is 5.10 Å². The lowest BCUT2D eigenvalue weighted by molar-refractivity contribution is -0.121. The molecule has 4 rings (SSSR count). The lowest BCUT2D eigenvalue weighted by Gasteiger charge is -2.16. The molecule has 2 aromatic carbocycles. The number of H-pyrrole nitrogens is 1. The molecule has 1 atom stereocenters. The number of nitrogens with one attached hydrogen (secondary N) is 2. The van der Waals surface area contributed by atoms with Crippen LogP contribution in [0.4, 0.5) is 10.2 Å². The summed E-state index contributed by atoms with van der Waals surface area (Å²) in [5.74, 6) is 0.509. The van der Waals surface area contributed by atoms with Crippen LogP contribution in [0.15, 0.2) is 54.6 Å². The quantitative estimate of drug-likeness (QED) is 0.687. The van der Waals surface area contributed by atoms with Gasteiger partial charge in [-0.1, -0.05) is 35.9 Å². The summed E-state index contributed by atoms with van der Waals surface area (Å²) in [5.41, 5.74) is 2.75. The number of carbonyl (C=O) groups is 1. The third-order valence-corrected chi connectivity index (χ3v) is 5.13. The third kappa shape index (κ3) is 4.34. The van der Waals surface area contributed by atoms with Gasteiger partial charge in [0.2, 0.25) is 5.91 Å². The molecule has 1 saturated heterocycles. The van der Waals surface area contributed by atoms with Crippen LogP contribution in [0.2, 0.25) is 5.02 Å². The topological polar surface area (TPSA) is 61.0 Å². The van der Waals surface area contributed by atoms with Gasteiger partial charge in [0, 0.05) is 30.2 Å². The van der Waals surface area contributed by atoms with Gasteiger partial charge in [0.05, 0.1) is 12.1 Å². The summed E-state index contributed by atoms with van der Waals surface area (Å²) in [6, 6.07) is 15.7. The minimum Gasteiger partial charge on any atom is -0.353 e. The van der Waals surface area contributed by atoms with E-state index in [1.165, 1.54) is 12.1 Å². The number of hydrogen-bond donors (Lipinski definition) is 2. The molecule has 1 aliphatic heterocycles. The van der Waals surface area contributed by atoms with Crippen LogP contribution in [0.25, 0.3) is 11.3 Å². The van der Waals surface area contributed by atoms with Gasteiger partial charge in [-0.3, -0.25) is 9.89 Å². The molecule has 3 aromatic rings. The molecule has 5 nitrogen and oxygen atoms in total. The van der Waals surface area contributed by atoms with Crippen molar-refractivity contribution >= 4 is 23.3 Å². The van der Waals surface area contributed by atoms with E-state index in [2.05, 4.69) is 20.4 Å². The van der Waals surface area contributed by atoms with Gasteiger partial charge in [0.25, 0.3) is 0 Å². The maximum atomic E-state index is 13.0. The van der Waals surface area contributed by atoms with Crippen LogP contribution >= 0.6 is 11.6 Å². The minimum atomic E-state index is -0.299. The summed E-state index contributed by atoms with van der Waals surface area (Å²) in [7, 11) is 0. The first-order chi connectivity index (χ1) is 13.6. The second-order valence-electron chi connectivity index (χ2n) is 6.95. The van der Waals surface area contributed by atoms with Gasteiger partial charge in [0.1, 0.15) is 5.82 Å². The molecular weight excluding hydrogens is 379 g/mol. The highest BCUT2D eigenvalue weighted by Gasteiger charge is 2.25. The van der Waals surface area contributed by atoms with Crippen LogP contribution < -0.4 is 10.2 Å². The van der Waals surface area contributed by atoms with E-state index in [9.17, 15) is 9.18 Å². The fourth-order valence-electron chi connectivity index (χ4n) is 3.40. The molecule has 1 fully saturated rings. The Morgan fingerprint density at radius 3 is 2.71 bits per heavy atom. The zero-order valence-electron chi connectivity index (χ0n) is 15.2. The van der Waals surface area contributed by atoms with E-state index in [0.717, 1.165) is 35.6 Å². The molecule has 0 saturated carbocycles. The van der Waals surface area contributed by atoms with Gasteiger partial charge in [-0.05, 0) is 41.8 Å². The Hall–Kier alpha value is -2.86. The van der Waals surface area contributed by atoms with Crippen molar-refractivity contribution in [2.75, 3.05) is 18.0 Å². The zero-order valence-corrected chi connectivity index (χ0v) is 15.9. The zero-order chi connectivity index (χ0) is 19.5. The number of hydrogen-bond acceptors (Lipinski definition) is 3. The number of halogens is 2. The first-order valence-electron chi connectivity index (χ1n) is 9.17. The molecule has 144 valence electrons. The molecule has 2 heterocycles. The molecule has 2 N–H and O–H groups in total. The van der Waals surface area contributed by atoms with Gasteiger partial charge < -0.3 is 10.2 Å². The SMILES string of the molecule is O=C(Cc1ccc(F)cc1)N[C@H]1CCN(c2cc(-c3ccc(Cl)cc3)[nH]n2)C1. The first kappa shape index (κ1) is 18.5. The van der Waals surface area contributed by atoms with E-state index < -0.39 is 0 Å². The molecular formula is C21H20ClFN4O. The summed E-state index contributed by atoms with van der Waals surface area (Å²) in [6.45, 7) is 1.53. The van der Waals surface area contributed by atoms with Crippen LogP contribution in [0.1, 0.15) is 12.0 Å². The van der Waals surface area contributed by atoms with E-state index in [1.54, 1.807) is 12.1 Å². The maximum absolute atomic E-state index is 13.0. The smallest absolute Gasteiger partial charge is 0.224 e. The Morgan fingerprint density at radius 2 is 1.96 bits per heavy atom. The minimum absolute atomic E-state index is 0.0534. The average Bonchev–Trinajstić information content (AvgIpc) is 3.34. The summed E-state index contributed by atoms with van der Waals surface area (Å²) < 4.78 is 13.0. The molecule has 28 heavy (non-hydrogen) atoms. The van der Waals surface area contributed by atoms with Crippen LogP contribution in [-0.4, -0.2) is 35.2 Å². The molecule has 1 aromatic heterocycles. The molecule has 7 heteroatoms. The third-order valence-electron chi connectivity index (χ3n) is 4.87. The Balaban J connectivity index is 1.33. The Bertz CT molecular complexity index is 955. The van der Waals surface area contributed by atoms with E-state index in [1.807, 2.05) is 30.3 Å². The van der Waals surface area contributed by atoms with Crippen molar-refractivity contribution in [3.63, 3.8) is 0 Å². The molecule has 0 spiro atoms. The van der Waals surface area contributed by atoms with Crippen LogP contribution in [0.5, 0.6) is 0 Å². The molecule has 0 bridgehead atoms. The Morgan fingerprint density at radius 1 is 1.21 bits per heavy atom. The van der Waals surface area contributed by atoms with Crippen molar-refractivity contribution in [3.8, 4) is 11.3 Å². The fraction of sp³-hybridized carbons (Fsp3) is 0.238. The van der Waals surface area contributed by atoms with Gasteiger partial charge in [0.15, 0.2) is 5.82 Å². The number of benzene rings is 2. The predicted octanol–water partition coefficient (Wildman–Crippen LogP) is 3.81. The van der Waals surface area contributed by atoms with Crippen molar-refractivity contribution in [3.05, 3.63) is 71.0 Å². The maximum Gasteiger partial charge on any atom is 0.224 e. The first-order valence-corrected chi connectivity index (χ1v) is 9.55. The van der Waals surface area contributed by atoms with E-state index in [4.69, 9.17) is 11.6 Å². The lowest BCUT2D eigenvalue weighted by atomic mass is 10.1. The Kier molecular flexibility index (Phi) is 5.30. The number of anilines is 1. The molecule has 0 radical (unpaired) electrons. The van der Waals surface area contributed by atoms with Crippen molar-refractivity contribution in [2.45, 2.75) is 18.9 Å². The van der Waals surface area contributed by atoms with Crippen LogP contribution in [0.3, 0.4) is 0 Å². The fourth-order valence-corrected chi connectivity index (χ4v) is 3.53. The van der Waals surface area contributed by atoms with Crippen LogP contribution in [0, 0.1) is 5.82 Å². The highest BCUT2D eigenvalue weighted by atomic mass is 35.5. The molecule has 1 amide bonds. The summed E-state index contributed by atoms with van der Waals surface area (Å²) in [6.07, 6.45) is 1.11. The highest BCUT2D eigenvalue weighted by Crippen LogP contribution is 2.25. The number of amides is 1. The number of rotatable bonds is 5. The highest BCUT2D eigenvalue weighted by molar-refractivity contribution is 6.30. The van der Waals surface area contributed by atoms with Gasteiger partial charge in [-0.25, -0.2) is 4.39 Å². The van der Waals surface area contributed by atoms with Gasteiger partial charge >= 0.3 is 0 Å². The monoisotopic (exact) mass is 398 g/mol. The number of aromatic nitrogens is 2. The Labute approximate surface area is 167 Å². The predicted molar refractivity (Wildman–Crippen MR) is 108 cm³/mol. The van der Waals surface area contributed by atoms with Crippen LogP contribution in [-0.2, 0) is 11.2 Å². The number of nitrogens with zero attached hydrogens (tertiary/aromatic N) is 2. The average molecular weight is 399 g/mol. The second-order valence-corrected chi connectivity index (χ2v) is 7.39. The number of carbonyl (C=O) groups excluding carboxylic acids is 1. The largest absolute Gasteiger partial charge is 0.353 e. The molecule has 0 unspecified atom stereocenters. The van der Waals surface area contributed by atoms with Crippen molar-refractivity contribution in [2.24, 2.45) is 0 Å². The summed E-state index contributed by atoms with van der Waals surface area (Å²) in [4.78, 5) is 14.4. The second kappa shape index (κ2) is 8.02. The molecule has 1 aliphatic rings. The molecule has 0 aliphatic carbocycles. The summed E-state index contributed by atoms with van der Waals surface area (Å²) in [5, 5.41) is 11.2. The van der Waals surface area contributed by atoms with E-state index >= 15 is 0 Å². The normalized spacial score (nSPS) is 16.4. The van der Waals surface area contributed by atoms with Crippen molar-refractivity contribution in [1.29, 1.82) is 0 Å². The van der Waals surface area contributed by atoms with E-state index in [-0.39, 0.29) is 24.2 Å². The summed E-state index contributed by atoms with van der Waals surface area (Å²) >= 11 is 5.94. The van der Waals surface area contributed by atoms with E-state index in [0.29, 0.717) is 11.6 Å².